The van der Waals surface area contributed by atoms with E-state index >= 15 is 0 Å². The summed E-state index contributed by atoms with van der Waals surface area (Å²) < 4.78 is 5.12. The number of carbonyl (C=O) groups is 1. The molecule has 0 aromatic rings. The molecule has 1 rings (SSSR count). The molecule has 2 heteroatoms. The quantitative estimate of drug-likeness (QED) is 0.540. The summed E-state index contributed by atoms with van der Waals surface area (Å²) in [5.41, 5.74) is 0.924. The summed E-state index contributed by atoms with van der Waals surface area (Å²) in [4.78, 5) is 10.2. The van der Waals surface area contributed by atoms with Crippen LogP contribution in [0.15, 0.2) is 11.6 Å². The van der Waals surface area contributed by atoms with E-state index in [2.05, 4.69) is 0 Å². The van der Waals surface area contributed by atoms with E-state index in [9.17, 15) is 4.79 Å². The van der Waals surface area contributed by atoms with Crippen LogP contribution in [0.25, 0.3) is 0 Å². The minimum atomic E-state index is 0.337. The van der Waals surface area contributed by atoms with E-state index in [1.165, 1.54) is 0 Å². The van der Waals surface area contributed by atoms with Crippen molar-refractivity contribution in [2.75, 3.05) is 7.11 Å². The molecule has 0 saturated carbocycles. The summed E-state index contributed by atoms with van der Waals surface area (Å²) in [6.07, 6.45) is 5.99. The van der Waals surface area contributed by atoms with Crippen LogP contribution in [0, 0.1) is 0 Å². The number of hydrogen-bond donors (Lipinski definition) is 0. The molecule has 0 fully saturated rings. The van der Waals surface area contributed by atoms with Crippen LogP contribution in [0.1, 0.15) is 19.3 Å². The molecule has 0 radical (unpaired) electrons. The SMILES string of the molecule is COC1CC=C(C=O)CC1. The van der Waals surface area contributed by atoms with Gasteiger partial charge in [-0.3, -0.25) is 4.79 Å². The van der Waals surface area contributed by atoms with Gasteiger partial charge in [0.15, 0.2) is 0 Å². The van der Waals surface area contributed by atoms with E-state index < -0.39 is 0 Å². The Balaban J connectivity index is 2.43. The Labute approximate surface area is 60.9 Å². The van der Waals surface area contributed by atoms with Crippen LogP contribution in [-0.4, -0.2) is 19.5 Å². The van der Waals surface area contributed by atoms with Gasteiger partial charge in [0.2, 0.25) is 0 Å². The van der Waals surface area contributed by atoms with Crippen LogP contribution in [-0.2, 0) is 9.53 Å². The first kappa shape index (κ1) is 7.48. The second-order valence-electron chi connectivity index (χ2n) is 2.53. The van der Waals surface area contributed by atoms with Crippen molar-refractivity contribution in [3.8, 4) is 0 Å². The number of ether oxygens (including phenoxy) is 1. The normalized spacial score (nSPS) is 25.7. The number of rotatable bonds is 2. The van der Waals surface area contributed by atoms with Crippen LogP contribution in [0.4, 0.5) is 0 Å². The monoisotopic (exact) mass is 140 g/mol. The first-order valence-corrected chi connectivity index (χ1v) is 3.54. The van der Waals surface area contributed by atoms with Crippen molar-refractivity contribution in [2.24, 2.45) is 0 Å². The first-order valence-electron chi connectivity index (χ1n) is 3.54. The van der Waals surface area contributed by atoms with Crippen LogP contribution in [0.5, 0.6) is 0 Å². The van der Waals surface area contributed by atoms with Crippen molar-refractivity contribution < 1.29 is 9.53 Å². The zero-order chi connectivity index (χ0) is 7.40. The maximum absolute atomic E-state index is 10.2. The predicted octanol–water partition coefficient (Wildman–Crippen LogP) is 1.31. The highest BCUT2D eigenvalue weighted by atomic mass is 16.5. The molecule has 0 saturated heterocycles. The lowest BCUT2D eigenvalue weighted by Gasteiger charge is -2.17. The maximum atomic E-state index is 10.2. The molecule has 1 aliphatic rings. The summed E-state index contributed by atoms with van der Waals surface area (Å²) in [6, 6.07) is 0. The van der Waals surface area contributed by atoms with Crippen molar-refractivity contribution in [3.05, 3.63) is 11.6 Å². The van der Waals surface area contributed by atoms with Gasteiger partial charge < -0.3 is 4.74 Å². The van der Waals surface area contributed by atoms with Crippen molar-refractivity contribution in [1.29, 1.82) is 0 Å². The van der Waals surface area contributed by atoms with E-state index in [1.54, 1.807) is 7.11 Å². The van der Waals surface area contributed by atoms with E-state index in [0.29, 0.717) is 6.10 Å². The van der Waals surface area contributed by atoms with Gasteiger partial charge in [-0.05, 0) is 24.8 Å². The zero-order valence-electron chi connectivity index (χ0n) is 6.17. The molecule has 0 aliphatic heterocycles. The molecular weight excluding hydrogens is 128 g/mol. The highest BCUT2D eigenvalue weighted by Gasteiger charge is 2.11. The second-order valence-corrected chi connectivity index (χ2v) is 2.53. The van der Waals surface area contributed by atoms with Crippen LogP contribution in [0.2, 0.25) is 0 Å². The first-order chi connectivity index (χ1) is 4.86. The van der Waals surface area contributed by atoms with Gasteiger partial charge in [-0.1, -0.05) is 6.08 Å². The Morgan fingerprint density at radius 1 is 1.80 bits per heavy atom. The molecule has 0 aromatic carbocycles. The molecule has 56 valence electrons. The molecule has 2 nitrogen and oxygen atoms in total. The third kappa shape index (κ3) is 1.67. The Bertz CT molecular complexity index is 149. The van der Waals surface area contributed by atoms with E-state index in [-0.39, 0.29) is 0 Å². The third-order valence-corrected chi connectivity index (χ3v) is 1.88. The summed E-state index contributed by atoms with van der Waals surface area (Å²) >= 11 is 0. The lowest BCUT2D eigenvalue weighted by atomic mass is 9.98. The highest BCUT2D eigenvalue weighted by Crippen LogP contribution is 2.18. The fourth-order valence-electron chi connectivity index (χ4n) is 1.15. The Hall–Kier alpha value is -0.630. The highest BCUT2D eigenvalue weighted by molar-refractivity contribution is 5.73. The molecule has 1 atom stereocenters. The average Bonchev–Trinajstić information content (AvgIpc) is 2.05. The molecule has 0 heterocycles. The molecule has 0 N–H and O–H groups in total. The van der Waals surface area contributed by atoms with Gasteiger partial charge in [-0.15, -0.1) is 0 Å². The molecular formula is C8H12O2. The number of allylic oxidation sites excluding steroid dienone is 1. The van der Waals surface area contributed by atoms with Gasteiger partial charge in [-0.25, -0.2) is 0 Å². The standard InChI is InChI=1S/C8H12O2/c1-10-8-4-2-7(6-9)3-5-8/h2,6,8H,3-5H2,1H3. The summed E-state index contributed by atoms with van der Waals surface area (Å²) in [6.45, 7) is 0. The molecule has 1 unspecified atom stereocenters. The van der Waals surface area contributed by atoms with Gasteiger partial charge >= 0.3 is 0 Å². The van der Waals surface area contributed by atoms with Gasteiger partial charge in [0.05, 0.1) is 6.10 Å². The average molecular weight is 140 g/mol. The zero-order valence-corrected chi connectivity index (χ0v) is 6.17. The molecule has 0 spiro atoms. The van der Waals surface area contributed by atoms with E-state index in [1.807, 2.05) is 6.08 Å². The second kappa shape index (κ2) is 3.52. The number of carbonyl (C=O) groups excluding carboxylic acids is 1. The lowest BCUT2D eigenvalue weighted by Crippen LogP contribution is -2.13. The minimum absolute atomic E-state index is 0.337. The topological polar surface area (TPSA) is 26.3 Å². The minimum Gasteiger partial charge on any atom is -0.381 e. The van der Waals surface area contributed by atoms with Crippen LogP contribution >= 0.6 is 0 Å². The van der Waals surface area contributed by atoms with Crippen LogP contribution < -0.4 is 0 Å². The summed E-state index contributed by atoms with van der Waals surface area (Å²) in [7, 11) is 1.71. The molecule has 0 bridgehead atoms. The van der Waals surface area contributed by atoms with Gasteiger partial charge in [0.25, 0.3) is 0 Å². The molecule has 0 amide bonds. The fourth-order valence-corrected chi connectivity index (χ4v) is 1.15. The van der Waals surface area contributed by atoms with Crippen molar-refractivity contribution in [2.45, 2.75) is 25.4 Å². The molecule has 0 aromatic heterocycles. The van der Waals surface area contributed by atoms with Crippen molar-refractivity contribution >= 4 is 6.29 Å². The van der Waals surface area contributed by atoms with E-state index in [0.717, 1.165) is 31.1 Å². The third-order valence-electron chi connectivity index (χ3n) is 1.88. The Morgan fingerprint density at radius 2 is 2.60 bits per heavy atom. The largest absolute Gasteiger partial charge is 0.381 e. The molecule has 10 heavy (non-hydrogen) atoms. The van der Waals surface area contributed by atoms with Crippen LogP contribution in [0.3, 0.4) is 0 Å². The molecule has 1 aliphatic carbocycles. The number of aldehydes is 1. The van der Waals surface area contributed by atoms with Crippen molar-refractivity contribution in [1.82, 2.24) is 0 Å². The van der Waals surface area contributed by atoms with Gasteiger partial charge in [0, 0.05) is 7.11 Å². The smallest absolute Gasteiger partial charge is 0.145 e. The Morgan fingerprint density at radius 3 is 3.00 bits per heavy atom. The fraction of sp³-hybridized carbons (Fsp3) is 0.625. The van der Waals surface area contributed by atoms with E-state index in [4.69, 9.17) is 4.74 Å². The van der Waals surface area contributed by atoms with Gasteiger partial charge in [-0.2, -0.15) is 0 Å². The Kier molecular flexibility index (Phi) is 2.63. The van der Waals surface area contributed by atoms with Crippen molar-refractivity contribution in [3.63, 3.8) is 0 Å². The summed E-state index contributed by atoms with van der Waals surface area (Å²) in [5, 5.41) is 0. The maximum Gasteiger partial charge on any atom is 0.145 e. The number of methoxy groups -OCH3 is 1. The predicted molar refractivity (Wildman–Crippen MR) is 38.8 cm³/mol. The number of hydrogen-bond acceptors (Lipinski definition) is 2. The van der Waals surface area contributed by atoms with Gasteiger partial charge in [0.1, 0.15) is 6.29 Å². The summed E-state index contributed by atoms with van der Waals surface area (Å²) in [5.74, 6) is 0. The lowest BCUT2D eigenvalue weighted by molar-refractivity contribution is -0.105.